The van der Waals surface area contributed by atoms with Crippen LogP contribution in [-0.4, -0.2) is 14.9 Å². The molecule has 2 N–H and O–H groups in total. The molecule has 0 aliphatic carbocycles. The average Bonchev–Trinajstić information content (AvgIpc) is 2.44. The van der Waals surface area contributed by atoms with E-state index in [0.29, 0.717) is 17.2 Å². The number of hydrogen-bond acceptors (Lipinski definition) is 5. The highest BCUT2D eigenvalue weighted by Gasteiger charge is 2.13. The molecule has 0 radical (unpaired) electrons. The number of benzene rings is 1. The number of halogens is 1. The third-order valence-corrected chi connectivity index (χ3v) is 3.92. The van der Waals surface area contributed by atoms with Gasteiger partial charge in [-0.1, -0.05) is 25.5 Å². The largest absolute Gasteiger partial charge is 0.383 e. The number of hydrogen-bond donors (Lipinski definition) is 1. The van der Waals surface area contributed by atoms with E-state index >= 15 is 0 Å². The molecule has 20 heavy (non-hydrogen) atoms. The molecule has 104 valence electrons. The Hall–Kier alpha value is -1.77. The summed E-state index contributed by atoms with van der Waals surface area (Å²) in [6, 6.07) is 6.25. The van der Waals surface area contributed by atoms with Gasteiger partial charge in [0, 0.05) is 17.7 Å². The summed E-state index contributed by atoms with van der Waals surface area (Å²) in [5.41, 5.74) is 7.38. The molecule has 0 unspecified atom stereocenters. The quantitative estimate of drug-likeness (QED) is 0.496. The maximum atomic E-state index is 10.8. The molecule has 0 aliphatic rings. The second kappa shape index (κ2) is 6.12. The summed E-state index contributed by atoms with van der Waals surface area (Å²) >= 11 is 2.12. The fourth-order valence-corrected chi connectivity index (χ4v) is 2.31. The first-order chi connectivity index (χ1) is 9.52. The molecule has 0 saturated heterocycles. The van der Waals surface area contributed by atoms with Gasteiger partial charge in [0.2, 0.25) is 0 Å². The molecule has 6 nitrogen and oxygen atoms in total. The molecule has 2 aromatic rings. The van der Waals surface area contributed by atoms with Crippen molar-refractivity contribution in [1.29, 1.82) is 0 Å². The number of nitro benzene ring substituents is 1. The monoisotopic (exact) mass is 384 g/mol. The van der Waals surface area contributed by atoms with Gasteiger partial charge in [-0.2, -0.15) is 0 Å². The summed E-state index contributed by atoms with van der Waals surface area (Å²) in [5.74, 6) is 0.834. The van der Waals surface area contributed by atoms with Crippen molar-refractivity contribution in [1.82, 2.24) is 9.97 Å². The normalized spacial score (nSPS) is 10.5. The van der Waals surface area contributed by atoms with Gasteiger partial charge in [0.1, 0.15) is 5.82 Å². The number of nitrogen functional groups attached to an aromatic ring is 1. The van der Waals surface area contributed by atoms with Gasteiger partial charge >= 0.3 is 0 Å². The van der Waals surface area contributed by atoms with Crippen molar-refractivity contribution in [3.05, 3.63) is 43.6 Å². The Bertz CT molecular complexity index is 661. The zero-order valence-corrected chi connectivity index (χ0v) is 13.0. The first kappa shape index (κ1) is 14.6. The van der Waals surface area contributed by atoms with Crippen molar-refractivity contribution >= 4 is 34.1 Å². The van der Waals surface area contributed by atoms with Crippen LogP contribution in [0.3, 0.4) is 0 Å². The van der Waals surface area contributed by atoms with Crippen LogP contribution in [0.2, 0.25) is 0 Å². The van der Waals surface area contributed by atoms with Gasteiger partial charge < -0.3 is 5.73 Å². The predicted molar refractivity (Wildman–Crippen MR) is 85.2 cm³/mol. The van der Waals surface area contributed by atoms with E-state index < -0.39 is 4.92 Å². The maximum Gasteiger partial charge on any atom is 0.270 e. The highest BCUT2D eigenvalue weighted by molar-refractivity contribution is 14.1. The molecule has 0 spiro atoms. The number of rotatable bonds is 4. The van der Waals surface area contributed by atoms with Crippen LogP contribution >= 0.6 is 22.6 Å². The molecule has 0 saturated carbocycles. The predicted octanol–water partition coefficient (Wildman–Crippen LogP) is 3.19. The first-order valence-corrected chi connectivity index (χ1v) is 7.17. The lowest BCUT2D eigenvalue weighted by atomic mass is 10.1. The summed E-state index contributed by atoms with van der Waals surface area (Å²) in [7, 11) is 0. The number of aryl methyl sites for hydroxylation is 1. The molecule has 1 aromatic heterocycles. The molecule has 2 rings (SSSR count). The van der Waals surface area contributed by atoms with Crippen molar-refractivity contribution in [2.45, 2.75) is 19.8 Å². The fourth-order valence-electron chi connectivity index (χ4n) is 1.80. The minimum absolute atomic E-state index is 0.0141. The number of aromatic nitrogens is 2. The van der Waals surface area contributed by atoms with Gasteiger partial charge in [-0.05, 0) is 29.0 Å². The summed E-state index contributed by atoms with van der Waals surface area (Å²) in [6.07, 6.45) is 1.74. The van der Waals surface area contributed by atoms with Gasteiger partial charge in [-0.25, -0.2) is 9.97 Å². The third kappa shape index (κ3) is 3.03. The first-order valence-electron chi connectivity index (χ1n) is 6.09. The highest BCUT2D eigenvalue weighted by atomic mass is 127. The number of nitro groups is 1. The van der Waals surface area contributed by atoms with Gasteiger partial charge in [-0.3, -0.25) is 10.1 Å². The molecule has 0 aliphatic heterocycles. The topological polar surface area (TPSA) is 94.9 Å². The lowest BCUT2D eigenvalue weighted by molar-refractivity contribution is -0.384. The van der Waals surface area contributed by atoms with E-state index in [2.05, 4.69) is 39.5 Å². The molecular formula is C13H13IN4O2. The number of anilines is 1. The van der Waals surface area contributed by atoms with Crippen LogP contribution < -0.4 is 5.73 Å². The highest BCUT2D eigenvalue weighted by Crippen LogP contribution is 2.25. The Labute approximate surface area is 129 Å². The summed E-state index contributed by atoms with van der Waals surface area (Å²) in [4.78, 5) is 19.1. The van der Waals surface area contributed by atoms with E-state index in [1.165, 1.54) is 12.1 Å². The van der Waals surface area contributed by atoms with E-state index in [1.54, 1.807) is 12.1 Å². The number of nitrogens with zero attached hydrogens (tertiary/aromatic N) is 3. The van der Waals surface area contributed by atoms with Crippen molar-refractivity contribution in [3.8, 4) is 11.4 Å². The second-order valence-corrected chi connectivity index (χ2v) is 5.33. The van der Waals surface area contributed by atoms with Crippen molar-refractivity contribution < 1.29 is 4.92 Å². The Kier molecular flexibility index (Phi) is 4.48. The number of nitrogens with two attached hydrogens (primary N) is 1. The van der Waals surface area contributed by atoms with Gasteiger partial charge in [-0.15, -0.1) is 0 Å². The van der Waals surface area contributed by atoms with Gasteiger partial charge in [0.25, 0.3) is 5.69 Å². The van der Waals surface area contributed by atoms with Crippen LogP contribution in [0, 0.1) is 13.7 Å². The summed E-state index contributed by atoms with van der Waals surface area (Å²) < 4.78 is 0.846. The lowest BCUT2D eigenvalue weighted by Crippen LogP contribution is -2.05. The molecule has 1 heterocycles. The van der Waals surface area contributed by atoms with Gasteiger partial charge in [0.05, 0.1) is 14.2 Å². The molecule has 7 heteroatoms. The Morgan fingerprint density at radius 1 is 1.40 bits per heavy atom. The van der Waals surface area contributed by atoms with E-state index in [0.717, 1.165) is 22.1 Å². The van der Waals surface area contributed by atoms with Crippen molar-refractivity contribution in [2.24, 2.45) is 0 Å². The van der Waals surface area contributed by atoms with Crippen molar-refractivity contribution in [2.75, 3.05) is 5.73 Å². The van der Waals surface area contributed by atoms with Crippen LogP contribution in [0.25, 0.3) is 11.4 Å². The fraction of sp³-hybridized carbons (Fsp3) is 0.231. The van der Waals surface area contributed by atoms with Crippen LogP contribution in [0.1, 0.15) is 19.0 Å². The summed E-state index contributed by atoms with van der Waals surface area (Å²) in [6.45, 7) is 2.06. The second-order valence-electron chi connectivity index (χ2n) is 4.25. The molecule has 0 fully saturated rings. The van der Waals surface area contributed by atoms with E-state index in [4.69, 9.17) is 5.73 Å². The Balaban J connectivity index is 2.52. The average molecular weight is 384 g/mol. The lowest BCUT2D eigenvalue weighted by Gasteiger charge is -2.08. The zero-order chi connectivity index (χ0) is 14.7. The minimum atomic E-state index is -0.438. The SMILES string of the molecule is CCCc1nc(-c2cccc([N+](=O)[O-])c2)nc(N)c1I. The number of non-ortho nitro benzene ring substituents is 1. The van der Waals surface area contributed by atoms with E-state index in [-0.39, 0.29) is 5.69 Å². The maximum absolute atomic E-state index is 10.8. The van der Waals surface area contributed by atoms with E-state index in [9.17, 15) is 10.1 Å². The van der Waals surface area contributed by atoms with Gasteiger partial charge in [0.15, 0.2) is 5.82 Å². The molecule has 0 bridgehead atoms. The van der Waals surface area contributed by atoms with Crippen molar-refractivity contribution in [3.63, 3.8) is 0 Å². The Morgan fingerprint density at radius 2 is 2.15 bits per heavy atom. The zero-order valence-electron chi connectivity index (χ0n) is 10.8. The van der Waals surface area contributed by atoms with Crippen LogP contribution in [-0.2, 0) is 6.42 Å². The molecule has 0 amide bonds. The third-order valence-electron chi connectivity index (χ3n) is 2.75. The summed E-state index contributed by atoms with van der Waals surface area (Å²) in [5, 5.41) is 10.8. The Morgan fingerprint density at radius 3 is 2.80 bits per heavy atom. The van der Waals surface area contributed by atoms with Crippen LogP contribution in [0.4, 0.5) is 11.5 Å². The molecule has 0 atom stereocenters. The smallest absolute Gasteiger partial charge is 0.270 e. The standard InChI is InChI=1S/C13H13IN4O2/c1-2-4-10-11(14)12(15)17-13(16-10)8-5-3-6-9(7-8)18(19)20/h3,5-7H,2,4H2,1H3,(H2,15,16,17). The minimum Gasteiger partial charge on any atom is -0.383 e. The van der Waals surface area contributed by atoms with E-state index in [1.807, 2.05) is 0 Å². The van der Waals surface area contributed by atoms with Crippen LogP contribution in [0.5, 0.6) is 0 Å². The van der Waals surface area contributed by atoms with Crippen LogP contribution in [0.15, 0.2) is 24.3 Å². The molecule has 1 aromatic carbocycles. The molecular weight excluding hydrogens is 371 g/mol.